The van der Waals surface area contributed by atoms with E-state index in [9.17, 15) is 4.79 Å². The van der Waals surface area contributed by atoms with Crippen LogP contribution in [0.3, 0.4) is 0 Å². The van der Waals surface area contributed by atoms with E-state index in [0.717, 1.165) is 11.3 Å². The number of fused-ring (bicyclic) bond motifs is 1. The van der Waals surface area contributed by atoms with Crippen LogP contribution < -0.4 is 15.4 Å². The quantitative estimate of drug-likeness (QED) is 0.834. The number of nitrogens with zero attached hydrogens (tertiary/aromatic N) is 1. The molecule has 2 N–H and O–H groups in total. The van der Waals surface area contributed by atoms with Crippen molar-refractivity contribution in [3.05, 3.63) is 60.2 Å². The molecule has 112 valence electrons. The van der Waals surface area contributed by atoms with Crippen LogP contribution in [-0.2, 0) is 0 Å². The van der Waals surface area contributed by atoms with E-state index < -0.39 is 6.09 Å². The zero-order chi connectivity index (χ0) is 15.5. The molecule has 0 radical (unpaired) electrons. The zero-order valence-electron chi connectivity index (χ0n) is 11.9. The first-order valence-electron chi connectivity index (χ1n) is 6.81. The van der Waals surface area contributed by atoms with Crippen LogP contribution in [0, 0.1) is 0 Å². The molecule has 3 rings (SSSR count). The summed E-state index contributed by atoms with van der Waals surface area (Å²) < 4.78 is 5.26. The first-order valence-corrected chi connectivity index (χ1v) is 7.22. The molecule has 22 heavy (non-hydrogen) atoms. The molecule has 0 aromatic heterocycles. The Morgan fingerprint density at radius 1 is 1.14 bits per heavy atom. The van der Waals surface area contributed by atoms with Crippen LogP contribution in [0.2, 0.25) is 0 Å². The predicted octanol–water partition coefficient (Wildman–Crippen LogP) is 3.12. The topological polar surface area (TPSA) is 53.6 Å². The van der Waals surface area contributed by atoms with E-state index in [0.29, 0.717) is 10.9 Å². The highest BCUT2D eigenvalue weighted by atomic mass is 32.1. The SMILES string of the molecule is CN1C(=O)Oc2ccccc2C1NC(=S)Nc1ccccc1. The smallest absolute Gasteiger partial charge is 0.410 e. The van der Waals surface area contributed by atoms with Crippen molar-refractivity contribution in [3.63, 3.8) is 0 Å². The van der Waals surface area contributed by atoms with Gasteiger partial charge in [-0.3, -0.25) is 4.90 Å². The Balaban J connectivity index is 1.79. The highest BCUT2D eigenvalue weighted by molar-refractivity contribution is 7.80. The molecule has 1 atom stereocenters. The first kappa shape index (κ1) is 14.3. The lowest BCUT2D eigenvalue weighted by Gasteiger charge is -2.34. The number of thiocarbonyl (C=S) groups is 1. The van der Waals surface area contributed by atoms with Crippen molar-refractivity contribution >= 4 is 29.1 Å². The molecule has 1 aliphatic rings. The fourth-order valence-electron chi connectivity index (χ4n) is 2.27. The van der Waals surface area contributed by atoms with Crippen molar-refractivity contribution in [1.82, 2.24) is 10.2 Å². The summed E-state index contributed by atoms with van der Waals surface area (Å²) >= 11 is 5.34. The largest absolute Gasteiger partial charge is 0.416 e. The third-order valence-electron chi connectivity index (χ3n) is 3.39. The van der Waals surface area contributed by atoms with E-state index in [4.69, 9.17) is 17.0 Å². The van der Waals surface area contributed by atoms with Crippen molar-refractivity contribution < 1.29 is 9.53 Å². The molecule has 1 aliphatic heterocycles. The minimum Gasteiger partial charge on any atom is -0.410 e. The number of para-hydroxylation sites is 2. The van der Waals surface area contributed by atoms with Gasteiger partial charge in [-0.2, -0.15) is 0 Å². The zero-order valence-corrected chi connectivity index (χ0v) is 12.8. The van der Waals surface area contributed by atoms with Gasteiger partial charge in [0.2, 0.25) is 0 Å². The molecule has 1 amide bonds. The van der Waals surface area contributed by atoms with Crippen LogP contribution in [0.4, 0.5) is 10.5 Å². The van der Waals surface area contributed by atoms with E-state index >= 15 is 0 Å². The number of carbonyl (C=O) groups is 1. The Labute approximate surface area is 133 Å². The number of rotatable bonds is 2. The molecule has 0 aliphatic carbocycles. The minimum absolute atomic E-state index is 0.374. The monoisotopic (exact) mass is 313 g/mol. The second kappa shape index (κ2) is 6.03. The summed E-state index contributed by atoms with van der Waals surface area (Å²) in [6, 6.07) is 17.0. The molecule has 2 aromatic carbocycles. The Morgan fingerprint density at radius 2 is 1.82 bits per heavy atom. The summed E-state index contributed by atoms with van der Waals surface area (Å²) in [4.78, 5) is 13.4. The summed E-state index contributed by atoms with van der Waals surface area (Å²) in [5, 5.41) is 6.68. The second-order valence-electron chi connectivity index (χ2n) is 4.88. The standard InChI is InChI=1S/C16H15N3O2S/c1-19-14(12-9-5-6-10-13(12)21-16(19)20)18-15(22)17-11-7-3-2-4-8-11/h2-10,14H,1H3,(H2,17,18,22). The molecule has 2 aromatic rings. The van der Waals surface area contributed by atoms with Crippen LogP contribution in [-0.4, -0.2) is 23.2 Å². The molecule has 0 fully saturated rings. The highest BCUT2D eigenvalue weighted by Gasteiger charge is 2.31. The average molecular weight is 313 g/mol. The Hall–Kier alpha value is -2.60. The number of hydrogen-bond acceptors (Lipinski definition) is 3. The van der Waals surface area contributed by atoms with E-state index in [2.05, 4.69) is 10.6 Å². The molecule has 1 unspecified atom stereocenters. The lowest BCUT2D eigenvalue weighted by molar-refractivity contribution is 0.127. The maximum Gasteiger partial charge on any atom is 0.416 e. The van der Waals surface area contributed by atoms with Gasteiger partial charge in [0.1, 0.15) is 11.9 Å². The van der Waals surface area contributed by atoms with Gasteiger partial charge in [-0.15, -0.1) is 0 Å². The molecular formula is C16H15N3O2S. The van der Waals surface area contributed by atoms with E-state index in [1.807, 2.05) is 48.5 Å². The third-order valence-corrected chi connectivity index (χ3v) is 3.61. The van der Waals surface area contributed by atoms with Gasteiger partial charge in [0.15, 0.2) is 5.11 Å². The first-order chi connectivity index (χ1) is 10.6. The van der Waals surface area contributed by atoms with Crippen molar-refractivity contribution in [2.24, 2.45) is 0 Å². The number of ether oxygens (including phenoxy) is 1. The van der Waals surface area contributed by atoms with Crippen LogP contribution in [0.25, 0.3) is 0 Å². The number of hydrogen-bond donors (Lipinski definition) is 2. The maximum atomic E-state index is 11.9. The maximum absolute atomic E-state index is 11.9. The molecule has 1 heterocycles. The highest BCUT2D eigenvalue weighted by Crippen LogP contribution is 2.32. The van der Waals surface area contributed by atoms with Gasteiger partial charge >= 0.3 is 6.09 Å². The van der Waals surface area contributed by atoms with Crippen molar-refractivity contribution in [3.8, 4) is 5.75 Å². The summed E-state index contributed by atoms with van der Waals surface area (Å²) in [5.74, 6) is 0.547. The summed E-state index contributed by atoms with van der Waals surface area (Å²) in [5.41, 5.74) is 1.75. The number of benzene rings is 2. The minimum atomic E-state index is -0.418. The fourth-order valence-corrected chi connectivity index (χ4v) is 2.50. The van der Waals surface area contributed by atoms with Gasteiger partial charge in [0.25, 0.3) is 0 Å². The number of nitrogens with one attached hydrogen (secondary N) is 2. The van der Waals surface area contributed by atoms with Crippen molar-refractivity contribution in [2.45, 2.75) is 6.17 Å². The predicted molar refractivity (Wildman–Crippen MR) is 88.8 cm³/mol. The van der Waals surface area contributed by atoms with Crippen LogP contribution in [0.1, 0.15) is 11.7 Å². The van der Waals surface area contributed by atoms with E-state index in [1.54, 1.807) is 13.1 Å². The van der Waals surface area contributed by atoms with Crippen LogP contribution in [0.15, 0.2) is 54.6 Å². The summed E-state index contributed by atoms with van der Waals surface area (Å²) in [6.45, 7) is 0. The van der Waals surface area contributed by atoms with Gasteiger partial charge < -0.3 is 15.4 Å². The Bertz CT molecular complexity index is 706. The van der Waals surface area contributed by atoms with Gasteiger partial charge in [0, 0.05) is 18.3 Å². The molecule has 0 bridgehead atoms. The molecule has 0 saturated heterocycles. The fraction of sp³-hybridized carbons (Fsp3) is 0.125. The van der Waals surface area contributed by atoms with E-state index in [-0.39, 0.29) is 6.17 Å². The van der Waals surface area contributed by atoms with Gasteiger partial charge in [-0.05, 0) is 30.4 Å². The molecule has 6 heteroatoms. The average Bonchev–Trinajstić information content (AvgIpc) is 2.53. The lowest BCUT2D eigenvalue weighted by Crippen LogP contribution is -2.47. The third kappa shape index (κ3) is 2.87. The Morgan fingerprint density at radius 3 is 2.59 bits per heavy atom. The molecular weight excluding hydrogens is 298 g/mol. The van der Waals surface area contributed by atoms with Crippen molar-refractivity contribution in [1.29, 1.82) is 0 Å². The summed E-state index contributed by atoms with van der Waals surface area (Å²) in [6.07, 6.45) is -0.792. The number of amides is 1. The normalized spacial score (nSPS) is 16.5. The van der Waals surface area contributed by atoms with Gasteiger partial charge in [-0.25, -0.2) is 4.79 Å². The van der Waals surface area contributed by atoms with Crippen molar-refractivity contribution in [2.75, 3.05) is 12.4 Å². The molecule has 0 spiro atoms. The molecule has 5 nitrogen and oxygen atoms in total. The van der Waals surface area contributed by atoms with E-state index in [1.165, 1.54) is 4.90 Å². The van der Waals surface area contributed by atoms with Gasteiger partial charge in [0.05, 0.1) is 0 Å². The van der Waals surface area contributed by atoms with Crippen LogP contribution >= 0.6 is 12.2 Å². The number of anilines is 1. The molecule has 0 saturated carbocycles. The van der Waals surface area contributed by atoms with Gasteiger partial charge in [-0.1, -0.05) is 36.4 Å². The van der Waals surface area contributed by atoms with Crippen LogP contribution in [0.5, 0.6) is 5.75 Å². The number of carbonyl (C=O) groups excluding carboxylic acids is 1. The Kier molecular flexibility index (Phi) is 3.93. The summed E-state index contributed by atoms with van der Waals surface area (Å²) in [7, 11) is 1.67. The lowest BCUT2D eigenvalue weighted by atomic mass is 10.1. The second-order valence-corrected chi connectivity index (χ2v) is 5.29.